The molecule has 68 heavy (non-hydrogen) atoms. The van der Waals surface area contributed by atoms with Crippen LogP contribution < -0.4 is 4.90 Å². The van der Waals surface area contributed by atoms with Crippen LogP contribution in [0.3, 0.4) is 0 Å². The van der Waals surface area contributed by atoms with Crippen LogP contribution >= 0.6 is 0 Å². The van der Waals surface area contributed by atoms with E-state index in [1.165, 1.54) is 33.4 Å². The highest BCUT2D eigenvalue weighted by molar-refractivity contribution is 6.20. The number of hydrogen-bond donors (Lipinski definition) is 0. The van der Waals surface area contributed by atoms with E-state index >= 15 is 0 Å². The standard InChI is InChI=1S/C65H41NO2/c1-3-18-45(19-4-1)65(46-20-5-2-6-21-46)55-27-12-9-25-52(55)63-56(65)28-16-30-58(63)66(47-37-33-42(34-38-47)44-36-40-60-54(41-44)50-24-11-14-31-59(50)67-60)57-29-13-10-23-49(57)51-26-15-32-61-62(51)53-39-35-43-17-7-8-22-48(43)64(53)68-61/h1-41H. The molecule has 14 rings (SSSR count). The highest BCUT2D eigenvalue weighted by Crippen LogP contribution is 2.60. The molecule has 0 atom stereocenters. The van der Waals surface area contributed by atoms with Gasteiger partial charge in [0.1, 0.15) is 22.3 Å². The Morgan fingerprint density at radius 3 is 1.76 bits per heavy atom. The van der Waals surface area contributed by atoms with E-state index in [1.807, 2.05) is 12.1 Å². The number of benzene rings is 11. The molecular weight excluding hydrogens is 827 g/mol. The fourth-order valence-corrected chi connectivity index (χ4v) is 11.5. The van der Waals surface area contributed by atoms with Gasteiger partial charge in [0, 0.05) is 43.7 Å². The maximum atomic E-state index is 6.79. The van der Waals surface area contributed by atoms with Crippen LogP contribution in [0.2, 0.25) is 0 Å². The average molecular weight is 868 g/mol. The summed E-state index contributed by atoms with van der Waals surface area (Å²) < 4.78 is 13.0. The fourth-order valence-electron chi connectivity index (χ4n) is 11.5. The van der Waals surface area contributed by atoms with Crippen LogP contribution in [-0.4, -0.2) is 0 Å². The second-order valence-corrected chi connectivity index (χ2v) is 17.9. The van der Waals surface area contributed by atoms with Gasteiger partial charge in [0.2, 0.25) is 0 Å². The summed E-state index contributed by atoms with van der Waals surface area (Å²) in [6, 6.07) is 90.2. The maximum Gasteiger partial charge on any atom is 0.143 e. The maximum absolute atomic E-state index is 6.79. The Morgan fingerprint density at radius 2 is 0.941 bits per heavy atom. The third kappa shape index (κ3) is 5.60. The van der Waals surface area contributed by atoms with Crippen LogP contribution in [0, 0.1) is 0 Å². The van der Waals surface area contributed by atoms with Crippen LogP contribution in [0.1, 0.15) is 22.3 Å². The highest BCUT2D eigenvalue weighted by atomic mass is 16.3. The smallest absolute Gasteiger partial charge is 0.143 e. The van der Waals surface area contributed by atoms with Crippen molar-refractivity contribution in [1.82, 2.24) is 0 Å². The molecule has 0 saturated heterocycles. The molecule has 0 fully saturated rings. The van der Waals surface area contributed by atoms with Crippen molar-refractivity contribution in [1.29, 1.82) is 0 Å². The van der Waals surface area contributed by atoms with E-state index < -0.39 is 5.41 Å². The van der Waals surface area contributed by atoms with E-state index in [0.29, 0.717) is 0 Å². The predicted molar refractivity (Wildman–Crippen MR) is 281 cm³/mol. The van der Waals surface area contributed by atoms with E-state index in [-0.39, 0.29) is 0 Å². The lowest BCUT2D eigenvalue weighted by molar-refractivity contribution is 0.669. The van der Waals surface area contributed by atoms with Gasteiger partial charge < -0.3 is 13.7 Å². The number of furan rings is 2. The molecule has 0 amide bonds. The monoisotopic (exact) mass is 867 g/mol. The van der Waals surface area contributed by atoms with E-state index in [9.17, 15) is 0 Å². The Hall–Kier alpha value is -8.92. The van der Waals surface area contributed by atoms with Crippen molar-refractivity contribution in [3.05, 3.63) is 271 Å². The quantitative estimate of drug-likeness (QED) is 0.160. The Balaban J connectivity index is 1.03. The molecule has 0 aliphatic heterocycles. The summed E-state index contributed by atoms with van der Waals surface area (Å²) in [5.74, 6) is 0. The molecule has 13 aromatic rings. The number of rotatable bonds is 7. The second kappa shape index (κ2) is 15.1. The van der Waals surface area contributed by atoms with Crippen molar-refractivity contribution < 1.29 is 8.83 Å². The Morgan fingerprint density at radius 1 is 0.338 bits per heavy atom. The van der Waals surface area contributed by atoms with Gasteiger partial charge in [0.25, 0.3) is 0 Å². The van der Waals surface area contributed by atoms with E-state index in [2.05, 4.69) is 241 Å². The number of nitrogens with zero attached hydrogens (tertiary/aromatic N) is 1. The van der Waals surface area contributed by atoms with Crippen LogP contribution in [-0.2, 0) is 5.41 Å². The summed E-state index contributed by atoms with van der Waals surface area (Å²) in [5, 5.41) is 6.72. The first-order valence-corrected chi connectivity index (χ1v) is 23.3. The number of anilines is 3. The van der Waals surface area contributed by atoms with Crippen LogP contribution in [0.5, 0.6) is 0 Å². The highest BCUT2D eigenvalue weighted by Gasteiger charge is 2.47. The molecule has 0 bridgehead atoms. The largest absolute Gasteiger partial charge is 0.456 e. The molecule has 0 N–H and O–H groups in total. The molecule has 0 spiro atoms. The molecule has 2 heterocycles. The van der Waals surface area contributed by atoms with Gasteiger partial charge in [-0.3, -0.25) is 0 Å². The third-order valence-corrected chi connectivity index (χ3v) is 14.4. The molecule has 318 valence electrons. The minimum absolute atomic E-state index is 0.556. The van der Waals surface area contributed by atoms with Crippen molar-refractivity contribution in [2.75, 3.05) is 4.90 Å². The van der Waals surface area contributed by atoms with Crippen molar-refractivity contribution >= 4 is 71.7 Å². The minimum Gasteiger partial charge on any atom is -0.456 e. The van der Waals surface area contributed by atoms with E-state index in [4.69, 9.17) is 8.83 Å². The number of hydrogen-bond acceptors (Lipinski definition) is 3. The van der Waals surface area contributed by atoms with Gasteiger partial charge in [0.05, 0.1) is 16.8 Å². The van der Waals surface area contributed by atoms with E-state index in [0.717, 1.165) is 94.0 Å². The lowest BCUT2D eigenvalue weighted by Gasteiger charge is -2.34. The molecule has 0 unspecified atom stereocenters. The molecule has 1 aliphatic carbocycles. The Kier molecular flexibility index (Phi) is 8.50. The van der Waals surface area contributed by atoms with Gasteiger partial charge in [-0.1, -0.05) is 194 Å². The predicted octanol–water partition coefficient (Wildman–Crippen LogP) is 17.8. The van der Waals surface area contributed by atoms with Gasteiger partial charge in [-0.2, -0.15) is 0 Å². The first kappa shape index (κ1) is 38.4. The van der Waals surface area contributed by atoms with Gasteiger partial charge in [-0.05, 0) is 104 Å². The zero-order chi connectivity index (χ0) is 44.8. The van der Waals surface area contributed by atoms with Crippen LogP contribution in [0.15, 0.2) is 258 Å². The SMILES string of the molecule is c1ccc(C2(c3ccccc3)c3ccccc3-c3c(N(c4ccc(-c5ccc6oc7ccccc7c6c5)cc4)c4ccccc4-c4cccc5oc6c7ccccc7ccc6c45)cccc32)cc1. The summed E-state index contributed by atoms with van der Waals surface area (Å²) in [5.41, 5.74) is 18.2. The van der Waals surface area contributed by atoms with Crippen molar-refractivity contribution in [3.63, 3.8) is 0 Å². The summed E-state index contributed by atoms with van der Waals surface area (Å²) in [4.78, 5) is 2.49. The van der Waals surface area contributed by atoms with Crippen molar-refractivity contribution in [2.24, 2.45) is 0 Å². The molecule has 0 saturated carbocycles. The number of fused-ring (bicyclic) bond motifs is 11. The topological polar surface area (TPSA) is 29.5 Å². The molecule has 0 radical (unpaired) electrons. The van der Waals surface area contributed by atoms with Crippen LogP contribution in [0.25, 0.3) is 88.0 Å². The molecular formula is C65H41NO2. The average Bonchev–Trinajstić information content (AvgIpc) is 4.08. The Labute approximate surface area is 393 Å². The van der Waals surface area contributed by atoms with Crippen LogP contribution in [0.4, 0.5) is 17.1 Å². The minimum atomic E-state index is -0.556. The fraction of sp³-hybridized carbons (Fsp3) is 0.0154. The normalized spacial score (nSPS) is 12.8. The molecule has 1 aliphatic rings. The van der Waals surface area contributed by atoms with Gasteiger partial charge >= 0.3 is 0 Å². The van der Waals surface area contributed by atoms with Crippen molar-refractivity contribution in [3.8, 4) is 33.4 Å². The zero-order valence-electron chi connectivity index (χ0n) is 36.9. The third-order valence-electron chi connectivity index (χ3n) is 14.4. The van der Waals surface area contributed by atoms with Crippen molar-refractivity contribution in [2.45, 2.75) is 5.41 Å². The second-order valence-electron chi connectivity index (χ2n) is 17.9. The summed E-state index contributed by atoms with van der Waals surface area (Å²) in [6.45, 7) is 0. The first-order valence-electron chi connectivity index (χ1n) is 23.3. The summed E-state index contributed by atoms with van der Waals surface area (Å²) >= 11 is 0. The van der Waals surface area contributed by atoms with Gasteiger partial charge in [0.15, 0.2) is 0 Å². The lowest BCUT2D eigenvalue weighted by atomic mass is 9.68. The number of para-hydroxylation sites is 2. The van der Waals surface area contributed by atoms with Gasteiger partial charge in [-0.15, -0.1) is 0 Å². The molecule has 3 heteroatoms. The summed E-state index contributed by atoms with van der Waals surface area (Å²) in [6.07, 6.45) is 0. The molecule has 3 nitrogen and oxygen atoms in total. The zero-order valence-corrected chi connectivity index (χ0v) is 36.9. The Bertz CT molecular complexity index is 4050. The lowest BCUT2D eigenvalue weighted by Crippen LogP contribution is -2.28. The van der Waals surface area contributed by atoms with E-state index in [1.54, 1.807) is 0 Å². The molecule has 2 aromatic heterocycles. The van der Waals surface area contributed by atoms with Gasteiger partial charge in [-0.25, -0.2) is 0 Å². The molecule has 11 aromatic carbocycles. The summed E-state index contributed by atoms with van der Waals surface area (Å²) in [7, 11) is 0. The first-order chi connectivity index (χ1) is 33.7.